The van der Waals surface area contributed by atoms with Gasteiger partial charge in [0.15, 0.2) is 0 Å². The molecule has 0 heterocycles. The van der Waals surface area contributed by atoms with Gasteiger partial charge in [0.1, 0.15) is 0 Å². The van der Waals surface area contributed by atoms with Gasteiger partial charge in [0.05, 0.1) is 0 Å². The van der Waals surface area contributed by atoms with Crippen LogP contribution in [0.5, 0.6) is 0 Å². The van der Waals surface area contributed by atoms with Crippen molar-refractivity contribution in [3.05, 3.63) is 171 Å². The number of allylic oxidation sites excluding steroid dienone is 4. The Morgan fingerprint density at radius 3 is 1.68 bits per heavy atom. The van der Waals surface area contributed by atoms with E-state index in [0.29, 0.717) is 0 Å². The van der Waals surface area contributed by atoms with Crippen LogP contribution >= 0.6 is 0 Å². The second kappa shape index (κ2) is 16.2. The molecule has 3 aliphatic carbocycles. The molecule has 0 nitrogen and oxygen atoms in total. The van der Waals surface area contributed by atoms with Crippen molar-refractivity contribution in [1.29, 1.82) is 0 Å². The first-order valence-corrected chi connectivity index (χ1v) is 18.5. The van der Waals surface area contributed by atoms with Gasteiger partial charge in [0, 0.05) is 5.41 Å². The van der Waals surface area contributed by atoms with E-state index in [1.54, 1.807) is 27.4 Å². The Bertz CT molecular complexity index is 1890. The molecule has 0 saturated carbocycles. The first-order valence-electron chi connectivity index (χ1n) is 17.3. The zero-order chi connectivity index (χ0) is 34.2. The van der Waals surface area contributed by atoms with Gasteiger partial charge in [-0.3, -0.25) is 6.08 Å². The molecule has 0 N–H and O–H groups in total. The van der Waals surface area contributed by atoms with Crippen LogP contribution in [-0.4, -0.2) is 3.21 Å². The molecule has 0 radical (unpaired) electrons. The average molecular weight is 775 g/mol. The summed E-state index contributed by atoms with van der Waals surface area (Å²) in [5.41, 5.74) is 20.1. The van der Waals surface area contributed by atoms with Crippen LogP contribution in [0.15, 0.2) is 109 Å². The zero-order valence-electron chi connectivity index (χ0n) is 30.8. The SMILES string of the molecule is CC1=[C-]C(C)(C)c2cc3c(cc21)-c1cc2c(cc1C3)C(C)(C)C=C2C.Cc1c[cH-]c(C)c1.[Cl-].[Cl-].[Zr+2]=[C](Cc1ccccc1)Cc1ccccc1. The van der Waals surface area contributed by atoms with Gasteiger partial charge in [-0.15, -0.1) is 11.6 Å². The number of aryl methyl sites for hydroxylation is 2. The maximum atomic E-state index is 3.65. The molecule has 3 heteroatoms. The molecular weight excluding hydrogens is 727 g/mol. The van der Waals surface area contributed by atoms with E-state index in [0.717, 1.165) is 19.3 Å². The Hall–Kier alpha value is -2.96. The van der Waals surface area contributed by atoms with Crippen LogP contribution in [0.3, 0.4) is 0 Å². The molecule has 0 fully saturated rings. The summed E-state index contributed by atoms with van der Waals surface area (Å²) < 4.78 is 1.60. The van der Waals surface area contributed by atoms with Gasteiger partial charge in [0.25, 0.3) is 0 Å². The van der Waals surface area contributed by atoms with Crippen molar-refractivity contribution in [2.75, 3.05) is 0 Å². The van der Waals surface area contributed by atoms with Crippen LogP contribution in [0.25, 0.3) is 22.3 Å². The van der Waals surface area contributed by atoms with Crippen molar-refractivity contribution >= 4 is 14.4 Å². The number of fused-ring (bicyclic) bond motifs is 5. The number of halogens is 2. The fourth-order valence-corrected chi connectivity index (χ4v) is 8.74. The number of benzene rings is 4. The molecule has 0 aliphatic heterocycles. The Kier molecular flexibility index (Phi) is 12.9. The molecule has 0 unspecified atom stereocenters. The molecule has 5 aromatic rings. The molecular formula is C47H48Cl2Zr-2. The van der Waals surface area contributed by atoms with Gasteiger partial charge < -0.3 is 24.8 Å². The van der Waals surface area contributed by atoms with Gasteiger partial charge >= 0.3 is 112 Å². The predicted octanol–water partition coefficient (Wildman–Crippen LogP) is 5.67. The van der Waals surface area contributed by atoms with E-state index in [2.05, 4.69) is 171 Å². The molecule has 0 spiro atoms. The van der Waals surface area contributed by atoms with Crippen molar-refractivity contribution in [3.8, 4) is 11.1 Å². The third-order valence-electron chi connectivity index (χ3n) is 10.0. The van der Waals surface area contributed by atoms with E-state index in [-0.39, 0.29) is 35.6 Å². The third-order valence-corrected chi connectivity index (χ3v) is 10.9. The standard InChI is InChI=1S/C25H25.C15H14.C7H9.2ClH.Zr/c1-14-12-24(3,4)22-8-16-7-17-9-23-19(15(2)13-25(23,5)6)11-21(17)20(16)10-18(14)22;1-3-8-14(9-4-1)12-7-13-15-10-5-2-6-11-15;1-6-3-4-7(2)5-6;;;/h8-12H,7H2,1-6H3;1-6,8-11H,12-13H2;3-5H,1-2H3;2*1H;/q-1;;-1;;;+2/p-2. The van der Waals surface area contributed by atoms with E-state index in [4.69, 9.17) is 0 Å². The molecule has 50 heavy (non-hydrogen) atoms. The minimum absolute atomic E-state index is 0. The minimum atomic E-state index is 0. The predicted molar refractivity (Wildman–Crippen MR) is 204 cm³/mol. The zero-order valence-corrected chi connectivity index (χ0v) is 34.7. The van der Waals surface area contributed by atoms with Gasteiger partial charge in [-0.25, -0.2) is 17.2 Å². The molecule has 0 aromatic heterocycles. The molecule has 8 rings (SSSR count). The van der Waals surface area contributed by atoms with Crippen LogP contribution in [0.2, 0.25) is 0 Å². The van der Waals surface area contributed by atoms with E-state index >= 15 is 0 Å². The molecule has 3 aliphatic rings. The Labute approximate surface area is 328 Å². The van der Waals surface area contributed by atoms with Crippen LogP contribution in [0.1, 0.15) is 97.2 Å². The summed E-state index contributed by atoms with van der Waals surface area (Å²) in [7, 11) is 0. The molecule has 5 aromatic carbocycles. The molecule has 0 saturated heterocycles. The van der Waals surface area contributed by atoms with Crippen molar-refractivity contribution in [1.82, 2.24) is 0 Å². The van der Waals surface area contributed by atoms with E-state index in [1.165, 1.54) is 77.9 Å². The Morgan fingerprint density at radius 2 is 1.20 bits per heavy atom. The van der Waals surface area contributed by atoms with Gasteiger partial charge in [-0.1, -0.05) is 72.1 Å². The first-order chi connectivity index (χ1) is 22.8. The number of rotatable bonds is 4. The van der Waals surface area contributed by atoms with Crippen molar-refractivity contribution in [2.45, 2.75) is 85.5 Å². The second-order valence-corrected chi connectivity index (χ2v) is 16.8. The number of hydrogen-bond acceptors (Lipinski definition) is 0. The number of hydrogen-bond donors (Lipinski definition) is 0. The van der Waals surface area contributed by atoms with E-state index < -0.39 is 0 Å². The van der Waals surface area contributed by atoms with Gasteiger partial charge in [-0.2, -0.15) is 23.3 Å². The summed E-state index contributed by atoms with van der Waals surface area (Å²) in [6.45, 7) is 17.9. The van der Waals surface area contributed by atoms with Crippen molar-refractivity contribution in [3.63, 3.8) is 0 Å². The summed E-state index contributed by atoms with van der Waals surface area (Å²) in [5, 5.41) is 0. The third kappa shape index (κ3) is 8.73. The van der Waals surface area contributed by atoms with Crippen LogP contribution in [0, 0.1) is 19.9 Å². The van der Waals surface area contributed by atoms with E-state index in [9.17, 15) is 0 Å². The van der Waals surface area contributed by atoms with Gasteiger partial charge in [0.2, 0.25) is 0 Å². The topological polar surface area (TPSA) is 0 Å². The fourth-order valence-electron chi connectivity index (χ4n) is 7.74. The summed E-state index contributed by atoms with van der Waals surface area (Å²) in [6, 6.07) is 37.6. The second-order valence-electron chi connectivity index (χ2n) is 15.1. The van der Waals surface area contributed by atoms with Gasteiger partial charge in [-0.05, 0) is 58.4 Å². The average Bonchev–Trinajstić information content (AvgIpc) is 3.73. The molecule has 0 amide bonds. The maximum absolute atomic E-state index is 3.65. The van der Waals surface area contributed by atoms with Crippen LogP contribution < -0.4 is 24.8 Å². The first kappa shape index (κ1) is 39.8. The summed E-state index contributed by atoms with van der Waals surface area (Å²) in [6.07, 6.45) is 9.37. The van der Waals surface area contributed by atoms with Crippen LogP contribution in [0.4, 0.5) is 0 Å². The Balaban J connectivity index is 0.000000193. The Morgan fingerprint density at radius 1 is 0.680 bits per heavy atom. The normalized spacial score (nSPS) is 14.8. The molecule has 256 valence electrons. The quantitative estimate of drug-likeness (QED) is 0.203. The monoisotopic (exact) mass is 772 g/mol. The van der Waals surface area contributed by atoms with Crippen molar-refractivity contribution < 1.29 is 49.0 Å². The van der Waals surface area contributed by atoms with Crippen molar-refractivity contribution in [2.24, 2.45) is 0 Å². The summed E-state index contributed by atoms with van der Waals surface area (Å²) >= 11 is 1.55. The molecule has 0 atom stereocenters. The summed E-state index contributed by atoms with van der Waals surface area (Å²) in [4.78, 5) is 0. The van der Waals surface area contributed by atoms with E-state index in [1.807, 2.05) is 0 Å². The molecule has 0 bridgehead atoms. The fraction of sp³-hybridized carbons (Fsp3) is 0.277. The van der Waals surface area contributed by atoms with Crippen LogP contribution in [-0.2, 0) is 54.3 Å². The summed E-state index contributed by atoms with van der Waals surface area (Å²) in [5.74, 6) is 0.